The summed E-state index contributed by atoms with van der Waals surface area (Å²) in [7, 11) is 1.87. The summed E-state index contributed by atoms with van der Waals surface area (Å²) >= 11 is 0. The molecule has 98 valence electrons. The molecule has 0 saturated heterocycles. The standard InChI is InChI=1S/C12H20N6/c1-12(2,4-5-13)7-14-10-9-6-17-18(3)11(9)16-8-15-10/h6,8H,4-5,7,13H2,1-3H3,(H,14,15,16). The first-order chi connectivity index (χ1) is 8.53. The molecule has 0 fully saturated rings. The number of nitrogens with zero attached hydrogens (tertiary/aromatic N) is 4. The molecule has 2 aromatic heterocycles. The molecule has 6 nitrogen and oxygen atoms in total. The van der Waals surface area contributed by atoms with Gasteiger partial charge in [0.15, 0.2) is 5.65 Å². The molecule has 2 heterocycles. The Morgan fingerprint density at radius 3 is 2.89 bits per heavy atom. The highest BCUT2D eigenvalue weighted by Gasteiger charge is 2.17. The highest BCUT2D eigenvalue weighted by atomic mass is 15.3. The van der Waals surface area contributed by atoms with Crippen LogP contribution in [0.15, 0.2) is 12.5 Å². The monoisotopic (exact) mass is 248 g/mol. The van der Waals surface area contributed by atoms with E-state index in [1.54, 1.807) is 17.2 Å². The molecule has 0 bridgehead atoms. The van der Waals surface area contributed by atoms with Crippen LogP contribution in [0.1, 0.15) is 20.3 Å². The van der Waals surface area contributed by atoms with Crippen molar-refractivity contribution in [1.82, 2.24) is 19.7 Å². The second kappa shape index (κ2) is 4.89. The number of fused-ring (bicyclic) bond motifs is 1. The highest BCUT2D eigenvalue weighted by molar-refractivity contribution is 5.85. The van der Waals surface area contributed by atoms with Crippen LogP contribution in [0, 0.1) is 5.41 Å². The van der Waals surface area contributed by atoms with E-state index in [0.717, 1.165) is 29.8 Å². The van der Waals surface area contributed by atoms with E-state index in [-0.39, 0.29) is 5.41 Å². The zero-order chi connectivity index (χ0) is 13.2. The van der Waals surface area contributed by atoms with Crippen LogP contribution in [-0.4, -0.2) is 32.8 Å². The fourth-order valence-corrected chi connectivity index (χ4v) is 1.91. The van der Waals surface area contributed by atoms with Gasteiger partial charge in [0.05, 0.1) is 11.6 Å². The zero-order valence-corrected chi connectivity index (χ0v) is 11.1. The van der Waals surface area contributed by atoms with Gasteiger partial charge in [0.1, 0.15) is 12.1 Å². The normalized spacial score (nSPS) is 12.0. The molecule has 6 heteroatoms. The zero-order valence-electron chi connectivity index (χ0n) is 11.1. The smallest absolute Gasteiger partial charge is 0.163 e. The van der Waals surface area contributed by atoms with Crippen LogP contribution in [0.4, 0.5) is 5.82 Å². The van der Waals surface area contributed by atoms with Crippen LogP contribution in [0.2, 0.25) is 0 Å². The Hall–Kier alpha value is -1.69. The number of rotatable bonds is 5. The predicted molar refractivity (Wildman–Crippen MR) is 72.2 cm³/mol. The van der Waals surface area contributed by atoms with Gasteiger partial charge in [-0.2, -0.15) is 5.10 Å². The predicted octanol–water partition coefficient (Wildman–Crippen LogP) is 1.15. The fourth-order valence-electron chi connectivity index (χ4n) is 1.91. The van der Waals surface area contributed by atoms with E-state index in [9.17, 15) is 0 Å². The average Bonchev–Trinajstić information content (AvgIpc) is 2.69. The lowest BCUT2D eigenvalue weighted by Crippen LogP contribution is -2.26. The molecular formula is C12H20N6. The topological polar surface area (TPSA) is 81.7 Å². The third-order valence-corrected chi connectivity index (χ3v) is 3.08. The van der Waals surface area contributed by atoms with Gasteiger partial charge in [0.25, 0.3) is 0 Å². The van der Waals surface area contributed by atoms with Crippen LogP contribution >= 0.6 is 0 Å². The van der Waals surface area contributed by atoms with Crippen molar-refractivity contribution in [3.63, 3.8) is 0 Å². The SMILES string of the molecule is Cn1ncc2c(NCC(C)(C)CCN)ncnc21. The van der Waals surface area contributed by atoms with Gasteiger partial charge in [0, 0.05) is 13.6 Å². The van der Waals surface area contributed by atoms with Gasteiger partial charge in [-0.1, -0.05) is 13.8 Å². The highest BCUT2D eigenvalue weighted by Crippen LogP contribution is 2.22. The van der Waals surface area contributed by atoms with Crippen molar-refractivity contribution in [3.8, 4) is 0 Å². The first kappa shape index (κ1) is 12.8. The third kappa shape index (κ3) is 2.59. The van der Waals surface area contributed by atoms with Gasteiger partial charge in [-0.05, 0) is 18.4 Å². The lowest BCUT2D eigenvalue weighted by molar-refractivity contribution is 0.365. The van der Waals surface area contributed by atoms with Gasteiger partial charge in [-0.3, -0.25) is 4.68 Å². The van der Waals surface area contributed by atoms with Crippen LogP contribution in [0.3, 0.4) is 0 Å². The summed E-state index contributed by atoms with van der Waals surface area (Å²) in [6.07, 6.45) is 4.32. The van der Waals surface area contributed by atoms with E-state index >= 15 is 0 Å². The number of hydrogen-bond donors (Lipinski definition) is 2. The molecule has 0 aliphatic heterocycles. The van der Waals surface area contributed by atoms with E-state index in [4.69, 9.17) is 5.73 Å². The molecule has 0 unspecified atom stereocenters. The molecular weight excluding hydrogens is 228 g/mol. The van der Waals surface area contributed by atoms with E-state index in [1.807, 2.05) is 7.05 Å². The largest absolute Gasteiger partial charge is 0.369 e. The molecule has 2 aromatic rings. The van der Waals surface area contributed by atoms with Crippen molar-refractivity contribution in [1.29, 1.82) is 0 Å². The van der Waals surface area contributed by atoms with Crippen molar-refractivity contribution in [2.24, 2.45) is 18.2 Å². The van der Waals surface area contributed by atoms with Crippen molar-refractivity contribution in [2.45, 2.75) is 20.3 Å². The Bertz CT molecular complexity index is 530. The second-order valence-electron chi connectivity index (χ2n) is 5.28. The van der Waals surface area contributed by atoms with Crippen molar-refractivity contribution in [3.05, 3.63) is 12.5 Å². The Kier molecular flexibility index (Phi) is 3.47. The number of aryl methyl sites for hydroxylation is 1. The average molecular weight is 248 g/mol. The maximum absolute atomic E-state index is 5.61. The van der Waals surface area contributed by atoms with Crippen LogP contribution in [0.5, 0.6) is 0 Å². The molecule has 2 rings (SSSR count). The summed E-state index contributed by atoms with van der Waals surface area (Å²) < 4.78 is 1.74. The van der Waals surface area contributed by atoms with Gasteiger partial charge >= 0.3 is 0 Å². The number of anilines is 1. The molecule has 0 aliphatic rings. The minimum absolute atomic E-state index is 0.147. The Labute approximate surface area is 107 Å². The summed E-state index contributed by atoms with van der Waals surface area (Å²) in [5.41, 5.74) is 6.59. The van der Waals surface area contributed by atoms with Crippen molar-refractivity contribution < 1.29 is 0 Å². The third-order valence-electron chi connectivity index (χ3n) is 3.08. The molecule has 0 aromatic carbocycles. The summed E-state index contributed by atoms with van der Waals surface area (Å²) in [6, 6.07) is 0. The molecule has 3 N–H and O–H groups in total. The molecule has 18 heavy (non-hydrogen) atoms. The van der Waals surface area contributed by atoms with Gasteiger partial charge < -0.3 is 11.1 Å². The summed E-state index contributed by atoms with van der Waals surface area (Å²) in [6.45, 7) is 5.90. The number of nitrogens with two attached hydrogens (primary N) is 1. The Morgan fingerprint density at radius 2 is 2.17 bits per heavy atom. The van der Waals surface area contributed by atoms with Gasteiger partial charge in [0.2, 0.25) is 0 Å². The molecule has 0 aliphatic carbocycles. The number of aromatic nitrogens is 4. The van der Waals surface area contributed by atoms with Gasteiger partial charge in [-0.25, -0.2) is 9.97 Å². The lowest BCUT2D eigenvalue weighted by Gasteiger charge is -2.24. The van der Waals surface area contributed by atoms with Crippen molar-refractivity contribution in [2.75, 3.05) is 18.4 Å². The van der Waals surface area contributed by atoms with Crippen LogP contribution < -0.4 is 11.1 Å². The Morgan fingerprint density at radius 1 is 1.39 bits per heavy atom. The summed E-state index contributed by atoms with van der Waals surface area (Å²) in [5.74, 6) is 0.832. The van der Waals surface area contributed by atoms with Crippen LogP contribution in [0.25, 0.3) is 11.0 Å². The van der Waals surface area contributed by atoms with E-state index in [2.05, 4.69) is 34.2 Å². The second-order valence-corrected chi connectivity index (χ2v) is 5.28. The molecule has 0 saturated carbocycles. The van der Waals surface area contributed by atoms with Crippen LogP contribution in [-0.2, 0) is 7.05 Å². The maximum Gasteiger partial charge on any atom is 0.163 e. The van der Waals surface area contributed by atoms with E-state index in [0.29, 0.717) is 6.54 Å². The molecule has 0 atom stereocenters. The molecule has 0 spiro atoms. The number of nitrogens with one attached hydrogen (secondary N) is 1. The minimum atomic E-state index is 0.147. The van der Waals surface area contributed by atoms with E-state index < -0.39 is 0 Å². The maximum atomic E-state index is 5.61. The lowest BCUT2D eigenvalue weighted by atomic mass is 9.89. The summed E-state index contributed by atoms with van der Waals surface area (Å²) in [4.78, 5) is 8.49. The number of hydrogen-bond acceptors (Lipinski definition) is 5. The van der Waals surface area contributed by atoms with E-state index in [1.165, 1.54) is 0 Å². The first-order valence-electron chi connectivity index (χ1n) is 6.10. The molecule has 0 radical (unpaired) electrons. The minimum Gasteiger partial charge on any atom is -0.369 e. The first-order valence-corrected chi connectivity index (χ1v) is 6.10. The van der Waals surface area contributed by atoms with Crippen molar-refractivity contribution >= 4 is 16.9 Å². The fraction of sp³-hybridized carbons (Fsp3) is 0.583. The van der Waals surface area contributed by atoms with Gasteiger partial charge in [-0.15, -0.1) is 0 Å². The molecule has 0 amide bonds. The quantitative estimate of drug-likeness (QED) is 0.829. The summed E-state index contributed by atoms with van der Waals surface area (Å²) in [5, 5.41) is 8.51. The Balaban J connectivity index is 2.17.